The van der Waals surface area contributed by atoms with Crippen LogP contribution < -0.4 is 33.2 Å². The Kier molecular flexibility index (Phi) is 12.9. The highest BCUT2D eigenvalue weighted by atomic mass is 16.4. The summed E-state index contributed by atoms with van der Waals surface area (Å²) < 4.78 is 0. The van der Waals surface area contributed by atoms with E-state index in [1.807, 2.05) is 0 Å². The van der Waals surface area contributed by atoms with E-state index in [9.17, 15) is 24.3 Å². The van der Waals surface area contributed by atoms with Crippen molar-refractivity contribution in [3.63, 3.8) is 0 Å². The highest BCUT2D eigenvalue weighted by Gasteiger charge is 2.33. The highest BCUT2D eigenvalue weighted by molar-refractivity contribution is 5.94. The third-order valence-corrected chi connectivity index (χ3v) is 4.89. The van der Waals surface area contributed by atoms with Crippen LogP contribution in [0.25, 0.3) is 0 Å². The highest BCUT2D eigenvalue weighted by Crippen LogP contribution is 2.10. The van der Waals surface area contributed by atoms with Crippen molar-refractivity contribution in [1.29, 1.82) is 0 Å². The first kappa shape index (κ1) is 29.1. The zero-order valence-corrected chi connectivity index (χ0v) is 19.0. The fourth-order valence-corrected chi connectivity index (χ4v) is 2.63. The summed E-state index contributed by atoms with van der Waals surface area (Å²) in [7, 11) is 0. The van der Waals surface area contributed by atoms with Gasteiger partial charge in [0.15, 0.2) is 5.96 Å². The topological polar surface area (TPSA) is 235 Å². The number of aliphatic hydroxyl groups is 1. The molecule has 0 aromatic carbocycles. The molecule has 0 saturated carbocycles. The fraction of sp³-hybridized carbons (Fsp3) is 0.737. The number of nitrogens with two attached hydrogens (primary N) is 3. The van der Waals surface area contributed by atoms with Crippen molar-refractivity contribution in [3.8, 4) is 0 Å². The van der Waals surface area contributed by atoms with Gasteiger partial charge < -0.3 is 43.4 Å². The minimum atomic E-state index is -1.37. The summed E-state index contributed by atoms with van der Waals surface area (Å²) in [5.41, 5.74) is 16.3. The van der Waals surface area contributed by atoms with Gasteiger partial charge in [0.05, 0.1) is 12.1 Å². The molecule has 184 valence electrons. The van der Waals surface area contributed by atoms with Crippen LogP contribution in [0.3, 0.4) is 0 Å². The number of nitrogens with one attached hydrogen (secondary N) is 3. The van der Waals surface area contributed by atoms with Crippen LogP contribution in [0, 0.1) is 5.92 Å². The molecule has 0 aromatic rings. The lowest BCUT2D eigenvalue weighted by molar-refractivity contribution is -0.142. The standard InChI is InChI=1S/C19H37N7O6/c1-5-9(2)13(16(29)24-10(3)18(31)32)25-17(30)14(11(4)27)26-15(28)12(20)7-6-8-23-19(21)22/h9-14,27H,5-8,20H2,1-4H3,(H,24,29)(H,25,30)(H,26,28)(H,31,32)(H4,21,22,23). The van der Waals surface area contributed by atoms with Crippen molar-refractivity contribution in [2.75, 3.05) is 6.54 Å². The van der Waals surface area contributed by atoms with E-state index in [1.165, 1.54) is 13.8 Å². The molecule has 0 aliphatic heterocycles. The Labute approximate surface area is 187 Å². The molecule has 0 spiro atoms. The Hall–Kier alpha value is -2.93. The average Bonchev–Trinajstić information content (AvgIpc) is 2.71. The van der Waals surface area contributed by atoms with Crippen LogP contribution in [0.5, 0.6) is 0 Å². The van der Waals surface area contributed by atoms with Crippen molar-refractivity contribution in [3.05, 3.63) is 0 Å². The van der Waals surface area contributed by atoms with Gasteiger partial charge in [-0.2, -0.15) is 0 Å². The summed E-state index contributed by atoms with van der Waals surface area (Å²) in [6.07, 6.45) is -0.115. The maximum absolute atomic E-state index is 12.8. The van der Waals surface area contributed by atoms with Crippen LogP contribution in [-0.2, 0) is 19.2 Å². The van der Waals surface area contributed by atoms with Crippen LogP contribution in [-0.4, -0.2) is 76.7 Å². The van der Waals surface area contributed by atoms with Crippen molar-refractivity contribution in [1.82, 2.24) is 16.0 Å². The molecule has 13 heteroatoms. The molecule has 0 bridgehead atoms. The third kappa shape index (κ3) is 10.4. The van der Waals surface area contributed by atoms with E-state index < -0.39 is 54.0 Å². The van der Waals surface area contributed by atoms with Gasteiger partial charge >= 0.3 is 5.97 Å². The van der Waals surface area contributed by atoms with Gasteiger partial charge in [0.25, 0.3) is 0 Å². The Morgan fingerprint density at radius 1 is 0.938 bits per heavy atom. The quantitative estimate of drug-likeness (QED) is 0.0768. The molecule has 0 fully saturated rings. The number of carboxylic acids is 1. The van der Waals surface area contributed by atoms with E-state index in [4.69, 9.17) is 22.3 Å². The summed E-state index contributed by atoms with van der Waals surface area (Å²) in [6.45, 7) is 6.39. The van der Waals surface area contributed by atoms with Crippen LogP contribution in [0.4, 0.5) is 0 Å². The smallest absolute Gasteiger partial charge is 0.325 e. The summed E-state index contributed by atoms with van der Waals surface area (Å²) in [4.78, 5) is 52.5. The van der Waals surface area contributed by atoms with Gasteiger partial charge in [-0.25, -0.2) is 0 Å². The number of rotatable bonds is 14. The van der Waals surface area contributed by atoms with Gasteiger partial charge in [-0.1, -0.05) is 20.3 Å². The zero-order valence-electron chi connectivity index (χ0n) is 19.0. The number of aliphatic carboxylic acids is 1. The first-order valence-electron chi connectivity index (χ1n) is 10.4. The normalized spacial score (nSPS) is 16.4. The Balaban J connectivity index is 5.19. The molecule has 0 aromatic heterocycles. The van der Waals surface area contributed by atoms with E-state index in [1.54, 1.807) is 13.8 Å². The molecule has 13 nitrogen and oxygen atoms in total. The van der Waals surface area contributed by atoms with Gasteiger partial charge in [0.1, 0.15) is 18.1 Å². The lowest BCUT2D eigenvalue weighted by atomic mass is 9.97. The Morgan fingerprint density at radius 3 is 1.94 bits per heavy atom. The molecule has 11 N–H and O–H groups in total. The SMILES string of the molecule is CCC(C)C(NC(=O)C(NC(=O)C(N)CCCN=C(N)N)C(C)O)C(=O)NC(C)C(=O)O. The number of amides is 3. The second kappa shape index (κ2) is 14.2. The van der Waals surface area contributed by atoms with Gasteiger partial charge in [0, 0.05) is 6.54 Å². The maximum atomic E-state index is 12.8. The molecule has 0 heterocycles. The Bertz CT molecular complexity index is 681. The van der Waals surface area contributed by atoms with Crippen LogP contribution >= 0.6 is 0 Å². The maximum Gasteiger partial charge on any atom is 0.325 e. The van der Waals surface area contributed by atoms with E-state index in [2.05, 4.69) is 20.9 Å². The predicted octanol–water partition coefficient (Wildman–Crippen LogP) is -2.65. The Morgan fingerprint density at radius 2 is 1.47 bits per heavy atom. The summed E-state index contributed by atoms with van der Waals surface area (Å²) in [6, 6.07) is -4.57. The molecule has 32 heavy (non-hydrogen) atoms. The van der Waals surface area contributed by atoms with Gasteiger partial charge in [-0.3, -0.25) is 24.2 Å². The number of hydrogen-bond donors (Lipinski definition) is 8. The molecule has 6 atom stereocenters. The molecular weight excluding hydrogens is 422 g/mol. The number of carbonyl (C=O) groups is 4. The molecule has 0 radical (unpaired) electrons. The summed E-state index contributed by atoms with van der Waals surface area (Å²) in [5, 5.41) is 26.2. The van der Waals surface area contributed by atoms with Gasteiger partial charge in [-0.05, 0) is 32.6 Å². The van der Waals surface area contributed by atoms with Crippen molar-refractivity contribution < 1.29 is 29.4 Å². The van der Waals surface area contributed by atoms with E-state index in [-0.39, 0.29) is 24.8 Å². The number of nitrogens with zero attached hydrogens (tertiary/aromatic N) is 1. The third-order valence-electron chi connectivity index (χ3n) is 4.89. The lowest BCUT2D eigenvalue weighted by Gasteiger charge is -2.28. The van der Waals surface area contributed by atoms with Gasteiger partial charge in [-0.15, -0.1) is 0 Å². The molecule has 0 aliphatic carbocycles. The molecule has 6 unspecified atom stereocenters. The van der Waals surface area contributed by atoms with Crippen LogP contribution in [0.1, 0.15) is 47.0 Å². The van der Waals surface area contributed by atoms with E-state index in [0.29, 0.717) is 12.8 Å². The van der Waals surface area contributed by atoms with Crippen molar-refractivity contribution in [2.24, 2.45) is 28.1 Å². The van der Waals surface area contributed by atoms with Crippen molar-refractivity contribution in [2.45, 2.75) is 77.2 Å². The first-order valence-corrected chi connectivity index (χ1v) is 10.4. The number of aliphatic imine (C=N–C) groups is 1. The molecule has 3 amide bonds. The van der Waals surface area contributed by atoms with Crippen molar-refractivity contribution >= 4 is 29.7 Å². The monoisotopic (exact) mass is 459 g/mol. The summed E-state index contributed by atoms with van der Waals surface area (Å²) in [5.74, 6) is -3.80. The fourth-order valence-electron chi connectivity index (χ4n) is 2.63. The molecule has 0 saturated heterocycles. The minimum absolute atomic E-state index is 0.0773. The number of aliphatic hydroxyl groups excluding tert-OH is 1. The van der Waals surface area contributed by atoms with Crippen LogP contribution in [0.2, 0.25) is 0 Å². The predicted molar refractivity (Wildman–Crippen MR) is 118 cm³/mol. The largest absolute Gasteiger partial charge is 0.480 e. The number of carbonyl (C=O) groups excluding carboxylic acids is 3. The number of guanidine groups is 1. The molecular formula is C19H37N7O6. The van der Waals surface area contributed by atoms with Gasteiger partial charge in [0.2, 0.25) is 17.7 Å². The van der Waals surface area contributed by atoms with Crippen LogP contribution in [0.15, 0.2) is 4.99 Å². The van der Waals surface area contributed by atoms with E-state index >= 15 is 0 Å². The lowest BCUT2D eigenvalue weighted by Crippen LogP contribution is -2.60. The zero-order chi connectivity index (χ0) is 25.0. The number of carboxylic acid groups (broad SMARTS) is 1. The molecule has 0 rings (SSSR count). The minimum Gasteiger partial charge on any atom is -0.480 e. The second-order valence-corrected chi connectivity index (χ2v) is 7.72. The second-order valence-electron chi connectivity index (χ2n) is 7.72. The first-order chi connectivity index (χ1) is 14.8. The average molecular weight is 460 g/mol. The summed E-state index contributed by atoms with van der Waals surface area (Å²) >= 11 is 0. The van der Waals surface area contributed by atoms with E-state index in [0.717, 1.165) is 0 Å². The molecule has 0 aliphatic rings. The number of hydrogen-bond acceptors (Lipinski definition) is 7.